The summed E-state index contributed by atoms with van der Waals surface area (Å²) >= 11 is 0. The second-order valence-corrected chi connectivity index (χ2v) is 8.27. The molecule has 2 aromatic heterocycles. The summed E-state index contributed by atoms with van der Waals surface area (Å²) in [6.07, 6.45) is -4.54. The van der Waals surface area contributed by atoms with Crippen molar-refractivity contribution in [2.45, 2.75) is 13.1 Å². The van der Waals surface area contributed by atoms with Gasteiger partial charge in [0.25, 0.3) is 0 Å². The number of H-pyrrole nitrogens is 1. The van der Waals surface area contributed by atoms with Crippen molar-refractivity contribution in [3.05, 3.63) is 53.9 Å². The van der Waals surface area contributed by atoms with E-state index in [0.29, 0.717) is 22.5 Å². The highest BCUT2D eigenvalue weighted by atomic mass is 19.4. The molecule has 176 valence electrons. The molecule has 0 amide bonds. The second-order valence-electron chi connectivity index (χ2n) is 8.27. The third kappa shape index (κ3) is 4.26. The number of hydrogen-bond acceptors (Lipinski definition) is 7. The first-order chi connectivity index (χ1) is 16.3. The second kappa shape index (κ2) is 8.56. The molecule has 0 bridgehead atoms. The summed E-state index contributed by atoms with van der Waals surface area (Å²) in [4.78, 5) is 17.9. The van der Waals surface area contributed by atoms with Gasteiger partial charge in [0.1, 0.15) is 11.6 Å². The van der Waals surface area contributed by atoms with Crippen LogP contribution in [0.5, 0.6) is 0 Å². The van der Waals surface area contributed by atoms with E-state index in [1.807, 2.05) is 18.2 Å². The number of fused-ring (bicyclic) bond motifs is 1. The van der Waals surface area contributed by atoms with Crippen molar-refractivity contribution < 1.29 is 13.2 Å². The number of para-hydroxylation sites is 1. The van der Waals surface area contributed by atoms with Gasteiger partial charge in [-0.15, -0.1) is 5.10 Å². The molecule has 0 saturated carbocycles. The molecule has 34 heavy (non-hydrogen) atoms. The molecule has 11 heteroatoms. The minimum Gasteiger partial charge on any atom is -0.367 e. The number of benzene rings is 2. The van der Waals surface area contributed by atoms with Crippen molar-refractivity contribution >= 4 is 28.4 Å². The van der Waals surface area contributed by atoms with Gasteiger partial charge in [0.15, 0.2) is 5.82 Å². The normalized spacial score (nSPS) is 15.1. The zero-order valence-electron chi connectivity index (χ0n) is 18.7. The summed E-state index contributed by atoms with van der Waals surface area (Å²) in [6.45, 7) is 5.10. The quantitative estimate of drug-likeness (QED) is 0.463. The molecule has 0 spiro atoms. The van der Waals surface area contributed by atoms with E-state index >= 15 is 0 Å². The van der Waals surface area contributed by atoms with Crippen LogP contribution >= 0.6 is 0 Å². The van der Waals surface area contributed by atoms with Crippen molar-refractivity contribution in [2.24, 2.45) is 0 Å². The predicted octanol–water partition coefficient (Wildman–Crippen LogP) is 4.24. The predicted molar refractivity (Wildman–Crippen MR) is 124 cm³/mol. The lowest BCUT2D eigenvalue weighted by Gasteiger charge is -2.34. The smallest absolute Gasteiger partial charge is 0.367 e. The average Bonchev–Trinajstić information content (AvgIpc) is 3.23. The van der Waals surface area contributed by atoms with Crippen molar-refractivity contribution in [2.75, 3.05) is 43.4 Å². The van der Waals surface area contributed by atoms with E-state index in [4.69, 9.17) is 0 Å². The van der Waals surface area contributed by atoms with E-state index in [-0.39, 0.29) is 17.3 Å². The molecule has 8 nitrogen and oxygen atoms in total. The van der Waals surface area contributed by atoms with Gasteiger partial charge < -0.3 is 15.1 Å². The lowest BCUT2D eigenvalue weighted by molar-refractivity contribution is -0.137. The molecule has 0 atom stereocenters. The molecule has 2 N–H and O–H groups in total. The number of alkyl halides is 3. The Balaban J connectivity index is 1.71. The van der Waals surface area contributed by atoms with Gasteiger partial charge in [-0.25, -0.2) is 9.97 Å². The highest BCUT2D eigenvalue weighted by Gasteiger charge is 2.34. The number of aryl methyl sites for hydroxylation is 1. The van der Waals surface area contributed by atoms with Crippen molar-refractivity contribution in [3.8, 4) is 11.4 Å². The average molecular weight is 468 g/mol. The number of rotatable bonds is 4. The summed E-state index contributed by atoms with van der Waals surface area (Å²) in [5, 5.41) is 10.6. The van der Waals surface area contributed by atoms with Gasteiger partial charge in [-0.1, -0.05) is 24.3 Å². The number of nitrogens with one attached hydrogen (secondary N) is 2. The zero-order chi connectivity index (χ0) is 23.9. The van der Waals surface area contributed by atoms with Crippen LogP contribution in [0.2, 0.25) is 0 Å². The van der Waals surface area contributed by atoms with Crippen LogP contribution in [0.4, 0.5) is 30.6 Å². The van der Waals surface area contributed by atoms with Crippen LogP contribution in [-0.2, 0) is 6.18 Å². The Hall–Kier alpha value is -3.73. The fourth-order valence-corrected chi connectivity index (χ4v) is 4.09. The Kier molecular flexibility index (Phi) is 5.56. The summed E-state index contributed by atoms with van der Waals surface area (Å²) < 4.78 is 41.4. The Labute approximate surface area is 193 Å². The first-order valence-corrected chi connectivity index (χ1v) is 10.9. The van der Waals surface area contributed by atoms with Crippen LogP contribution in [0.3, 0.4) is 0 Å². The maximum atomic E-state index is 13.8. The first kappa shape index (κ1) is 22.1. The van der Waals surface area contributed by atoms with E-state index in [1.54, 1.807) is 13.0 Å². The van der Waals surface area contributed by atoms with E-state index < -0.39 is 11.7 Å². The number of likely N-dealkylation sites (N-methyl/N-ethyl adjacent to an activating group) is 1. The van der Waals surface area contributed by atoms with Gasteiger partial charge in [0.2, 0.25) is 5.95 Å². The zero-order valence-corrected chi connectivity index (χ0v) is 18.7. The minimum absolute atomic E-state index is 0.0169. The van der Waals surface area contributed by atoms with E-state index in [1.165, 1.54) is 12.1 Å². The van der Waals surface area contributed by atoms with Gasteiger partial charge >= 0.3 is 6.18 Å². The summed E-state index contributed by atoms with van der Waals surface area (Å²) in [7, 11) is 2.07. The number of aromatic amines is 1. The van der Waals surface area contributed by atoms with Gasteiger partial charge in [0.05, 0.1) is 16.8 Å². The molecule has 1 aliphatic rings. The van der Waals surface area contributed by atoms with Gasteiger partial charge in [-0.05, 0) is 32.2 Å². The highest BCUT2D eigenvalue weighted by Crippen LogP contribution is 2.38. The Morgan fingerprint density at radius 3 is 2.41 bits per heavy atom. The third-order valence-corrected chi connectivity index (χ3v) is 5.85. The number of piperazine rings is 1. The number of nitrogens with zero attached hydrogens (tertiary/aromatic N) is 6. The Morgan fingerprint density at radius 1 is 0.941 bits per heavy atom. The molecule has 4 aromatic rings. The molecule has 2 aromatic carbocycles. The molecular weight excluding hydrogens is 445 g/mol. The summed E-state index contributed by atoms with van der Waals surface area (Å²) in [5.41, 5.74) is 0.558. The summed E-state index contributed by atoms with van der Waals surface area (Å²) in [6, 6.07) is 11.0. The van der Waals surface area contributed by atoms with E-state index in [9.17, 15) is 13.2 Å². The molecule has 3 heterocycles. The standard InChI is InChI=1S/C23H23F3N8/c1-14-27-22(32-31-14)30-21-16-7-5-9-18(34-12-10-33(2)11-13-34)19(16)28-20(29-21)15-6-3-4-8-17(15)23(24,25)26/h3-9H,10-13H2,1-2H3,(H2,27,28,29,30,31,32). The fourth-order valence-electron chi connectivity index (χ4n) is 4.09. The number of halogens is 3. The molecular formula is C23H23F3N8. The molecule has 0 radical (unpaired) electrons. The van der Waals surface area contributed by atoms with Crippen LogP contribution in [0, 0.1) is 6.92 Å². The van der Waals surface area contributed by atoms with Gasteiger partial charge in [-0.2, -0.15) is 18.2 Å². The number of hydrogen-bond donors (Lipinski definition) is 2. The van der Waals surface area contributed by atoms with Gasteiger partial charge in [0, 0.05) is 37.1 Å². The van der Waals surface area contributed by atoms with Crippen LogP contribution in [0.25, 0.3) is 22.3 Å². The largest absolute Gasteiger partial charge is 0.417 e. The molecule has 1 fully saturated rings. The van der Waals surface area contributed by atoms with E-state index in [2.05, 4.69) is 47.3 Å². The van der Waals surface area contributed by atoms with Crippen molar-refractivity contribution in [3.63, 3.8) is 0 Å². The first-order valence-electron chi connectivity index (χ1n) is 10.9. The minimum atomic E-state index is -4.54. The highest BCUT2D eigenvalue weighted by molar-refractivity contribution is 5.99. The molecule has 5 rings (SSSR count). The Morgan fingerprint density at radius 2 is 1.71 bits per heavy atom. The molecule has 0 aliphatic carbocycles. The number of aromatic nitrogens is 5. The van der Waals surface area contributed by atoms with Crippen LogP contribution in [0.15, 0.2) is 42.5 Å². The molecule has 0 unspecified atom stereocenters. The molecule has 1 saturated heterocycles. The Bertz CT molecular complexity index is 1330. The lowest BCUT2D eigenvalue weighted by atomic mass is 10.1. The lowest BCUT2D eigenvalue weighted by Crippen LogP contribution is -2.44. The van der Waals surface area contributed by atoms with Crippen LogP contribution < -0.4 is 10.2 Å². The van der Waals surface area contributed by atoms with Crippen molar-refractivity contribution in [1.29, 1.82) is 0 Å². The monoisotopic (exact) mass is 468 g/mol. The van der Waals surface area contributed by atoms with Gasteiger partial charge in [-0.3, -0.25) is 5.10 Å². The maximum Gasteiger partial charge on any atom is 0.417 e. The molecule has 1 aliphatic heterocycles. The SMILES string of the molecule is Cc1nc(Nc2nc(-c3ccccc3C(F)(F)F)nc3c(N4CCN(C)CC4)cccc23)n[nH]1. The summed E-state index contributed by atoms with van der Waals surface area (Å²) in [5.74, 6) is 1.20. The maximum absolute atomic E-state index is 13.8. The number of anilines is 3. The van der Waals surface area contributed by atoms with E-state index in [0.717, 1.165) is 37.9 Å². The fraction of sp³-hybridized carbons (Fsp3) is 0.304. The van der Waals surface area contributed by atoms with Crippen LogP contribution in [-0.4, -0.2) is 63.3 Å². The third-order valence-electron chi connectivity index (χ3n) is 5.85. The topological polar surface area (TPSA) is 85.9 Å². The van der Waals surface area contributed by atoms with Crippen LogP contribution in [0.1, 0.15) is 11.4 Å². The van der Waals surface area contributed by atoms with Crippen molar-refractivity contribution in [1.82, 2.24) is 30.0 Å².